The second kappa shape index (κ2) is 9.47. The first-order chi connectivity index (χ1) is 13.5. The molecule has 0 bridgehead atoms. The van der Waals surface area contributed by atoms with E-state index in [1.54, 1.807) is 0 Å². The summed E-state index contributed by atoms with van der Waals surface area (Å²) in [6.07, 6.45) is 1.85. The van der Waals surface area contributed by atoms with Crippen LogP contribution < -0.4 is 10.2 Å². The average molecular weight is 393 g/mol. The monoisotopic (exact) mass is 393 g/mol. The van der Waals surface area contributed by atoms with Gasteiger partial charge in [0.15, 0.2) is 6.61 Å². The van der Waals surface area contributed by atoms with E-state index in [2.05, 4.69) is 5.32 Å². The molecule has 10 heteroatoms. The summed E-state index contributed by atoms with van der Waals surface area (Å²) in [7, 11) is 0. The molecule has 3 rings (SSSR count). The highest BCUT2D eigenvalue weighted by Gasteiger charge is 2.24. The summed E-state index contributed by atoms with van der Waals surface area (Å²) in [4.78, 5) is 36.7. The third kappa shape index (κ3) is 5.17. The Bertz CT molecular complexity index is 728. The number of rotatable bonds is 7. The van der Waals surface area contributed by atoms with Crippen LogP contribution in [0.3, 0.4) is 0 Å². The number of esters is 1. The van der Waals surface area contributed by atoms with E-state index in [0.29, 0.717) is 45.1 Å². The van der Waals surface area contributed by atoms with Crippen molar-refractivity contribution in [3.8, 4) is 0 Å². The van der Waals surface area contributed by atoms with Gasteiger partial charge >= 0.3 is 5.97 Å². The number of hydrogen-bond donors (Lipinski definition) is 1. The zero-order valence-corrected chi connectivity index (χ0v) is 15.4. The first-order valence-electron chi connectivity index (χ1n) is 9.21. The predicted molar refractivity (Wildman–Crippen MR) is 98.4 cm³/mol. The van der Waals surface area contributed by atoms with E-state index in [0.717, 1.165) is 12.8 Å². The largest absolute Gasteiger partial charge is 0.452 e. The molecule has 1 atom stereocenters. The van der Waals surface area contributed by atoms with Gasteiger partial charge in [-0.05, 0) is 25.0 Å². The van der Waals surface area contributed by atoms with E-state index in [-0.39, 0.29) is 17.4 Å². The summed E-state index contributed by atoms with van der Waals surface area (Å²) in [5, 5.41) is 14.1. The quantitative estimate of drug-likeness (QED) is 0.412. The molecule has 0 spiro atoms. The van der Waals surface area contributed by atoms with Crippen LogP contribution in [0, 0.1) is 10.1 Å². The third-order valence-electron chi connectivity index (χ3n) is 4.64. The van der Waals surface area contributed by atoms with Crippen molar-refractivity contribution in [1.82, 2.24) is 5.32 Å². The van der Waals surface area contributed by atoms with Gasteiger partial charge in [0.05, 0.1) is 29.8 Å². The SMILES string of the molecule is O=C(COC(=O)c1ccc(N2CCOCC2)c([N+](=O)[O-])c1)NCC1CCCO1. The number of nitrogens with one attached hydrogen (secondary N) is 1. The molecule has 2 aliphatic heterocycles. The molecule has 2 saturated heterocycles. The number of nitro groups is 1. The van der Waals surface area contributed by atoms with Crippen molar-refractivity contribution >= 4 is 23.3 Å². The molecule has 1 aromatic rings. The third-order valence-corrected chi connectivity index (χ3v) is 4.64. The van der Waals surface area contributed by atoms with Crippen molar-refractivity contribution in [2.45, 2.75) is 18.9 Å². The van der Waals surface area contributed by atoms with Crippen LogP contribution in [-0.4, -0.2) is 69.0 Å². The van der Waals surface area contributed by atoms with Gasteiger partial charge in [0.2, 0.25) is 0 Å². The van der Waals surface area contributed by atoms with Crippen molar-refractivity contribution in [3.63, 3.8) is 0 Å². The van der Waals surface area contributed by atoms with Crippen molar-refractivity contribution in [1.29, 1.82) is 0 Å². The lowest BCUT2D eigenvalue weighted by Gasteiger charge is -2.28. The topological polar surface area (TPSA) is 120 Å². The van der Waals surface area contributed by atoms with E-state index in [1.165, 1.54) is 18.2 Å². The maximum atomic E-state index is 12.2. The summed E-state index contributed by atoms with van der Waals surface area (Å²) < 4.78 is 15.6. The first kappa shape index (κ1) is 20.0. The molecule has 1 N–H and O–H groups in total. The molecule has 152 valence electrons. The van der Waals surface area contributed by atoms with Gasteiger partial charge in [0.25, 0.3) is 11.6 Å². The Balaban J connectivity index is 1.57. The van der Waals surface area contributed by atoms with Crippen LogP contribution >= 0.6 is 0 Å². The number of morpholine rings is 1. The Morgan fingerprint density at radius 1 is 1.29 bits per heavy atom. The van der Waals surface area contributed by atoms with Gasteiger partial charge in [0, 0.05) is 32.3 Å². The molecule has 1 aromatic carbocycles. The highest BCUT2D eigenvalue weighted by atomic mass is 16.6. The summed E-state index contributed by atoms with van der Waals surface area (Å²) in [5.41, 5.74) is 0.272. The van der Waals surface area contributed by atoms with Gasteiger partial charge in [-0.1, -0.05) is 0 Å². The lowest BCUT2D eigenvalue weighted by Crippen LogP contribution is -2.36. The van der Waals surface area contributed by atoms with Crippen LogP contribution in [0.1, 0.15) is 23.2 Å². The van der Waals surface area contributed by atoms with Gasteiger partial charge in [-0.3, -0.25) is 14.9 Å². The normalized spacial score (nSPS) is 19.3. The molecule has 1 unspecified atom stereocenters. The maximum absolute atomic E-state index is 12.2. The fourth-order valence-corrected chi connectivity index (χ4v) is 3.17. The Morgan fingerprint density at radius 2 is 2.07 bits per heavy atom. The highest BCUT2D eigenvalue weighted by Crippen LogP contribution is 2.30. The molecule has 0 aliphatic carbocycles. The molecule has 28 heavy (non-hydrogen) atoms. The van der Waals surface area contributed by atoms with Gasteiger partial charge in [-0.15, -0.1) is 0 Å². The van der Waals surface area contributed by atoms with Crippen LogP contribution in [0.5, 0.6) is 0 Å². The van der Waals surface area contributed by atoms with Crippen LogP contribution in [0.2, 0.25) is 0 Å². The van der Waals surface area contributed by atoms with Crippen molar-refractivity contribution in [3.05, 3.63) is 33.9 Å². The number of ether oxygens (including phenoxy) is 3. The summed E-state index contributed by atoms with van der Waals surface area (Å²) >= 11 is 0. The predicted octanol–water partition coefficient (Wildman–Crippen LogP) is 0.883. The number of benzene rings is 1. The smallest absolute Gasteiger partial charge is 0.338 e. The number of carbonyl (C=O) groups is 2. The van der Waals surface area contributed by atoms with Gasteiger partial charge in [-0.25, -0.2) is 4.79 Å². The number of carbonyl (C=O) groups excluding carboxylic acids is 2. The number of amides is 1. The summed E-state index contributed by atoms with van der Waals surface area (Å²) in [5.74, 6) is -1.23. The minimum Gasteiger partial charge on any atom is -0.452 e. The van der Waals surface area contributed by atoms with Crippen molar-refractivity contribution in [2.75, 3.05) is 51.0 Å². The zero-order valence-electron chi connectivity index (χ0n) is 15.4. The Hall–Kier alpha value is -2.72. The minimum absolute atomic E-state index is 0.00460. The van der Waals surface area contributed by atoms with Crippen molar-refractivity contribution in [2.24, 2.45) is 0 Å². The van der Waals surface area contributed by atoms with Gasteiger partial charge in [-0.2, -0.15) is 0 Å². The molecular formula is C18H23N3O7. The first-order valence-corrected chi connectivity index (χ1v) is 9.21. The number of anilines is 1. The van der Waals surface area contributed by atoms with E-state index < -0.39 is 23.4 Å². The van der Waals surface area contributed by atoms with Gasteiger partial charge < -0.3 is 24.4 Å². The van der Waals surface area contributed by atoms with Crippen LogP contribution in [0.25, 0.3) is 0 Å². The maximum Gasteiger partial charge on any atom is 0.338 e. The molecule has 1 amide bonds. The number of nitrogens with zero attached hydrogens (tertiary/aromatic N) is 2. The van der Waals surface area contributed by atoms with E-state index in [9.17, 15) is 19.7 Å². The van der Waals surface area contributed by atoms with Gasteiger partial charge in [0.1, 0.15) is 5.69 Å². The van der Waals surface area contributed by atoms with E-state index >= 15 is 0 Å². The van der Waals surface area contributed by atoms with Crippen molar-refractivity contribution < 1.29 is 28.7 Å². The Kier molecular flexibility index (Phi) is 6.77. The molecule has 0 radical (unpaired) electrons. The zero-order chi connectivity index (χ0) is 19.9. The number of hydrogen-bond acceptors (Lipinski definition) is 8. The lowest BCUT2D eigenvalue weighted by molar-refractivity contribution is -0.384. The van der Waals surface area contributed by atoms with E-state index in [1.807, 2.05) is 4.90 Å². The molecule has 2 fully saturated rings. The van der Waals surface area contributed by atoms with Crippen LogP contribution in [-0.2, 0) is 19.0 Å². The second-order valence-electron chi connectivity index (χ2n) is 6.58. The molecule has 0 aromatic heterocycles. The molecule has 0 saturated carbocycles. The molecular weight excluding hydrogens is 370 g/mol. The Morgan fingerprint density at radius 3 is 2.75 bits per heavy atom. The average Bonchev–Trinajstić information content (AvgIpc) is 3.24. The molecule has 2 aliphatic rings. The molecule has 2 heterocycles. The van der Waals surface area contributed by atoms with Crippen LogP contribution in [0.4, 0.5) is 11.4 Å². The lowest BCUT2D eigenvalue weighted by atomic mass is 10.1. The fraction of sp³-hybridized carbons (Fsp3) is 0.556. The summed E-state index contributed by atoms with van der Waals surface area (Å²) in [6, 6.07) is 4.17. The molecule has 10 nitrogen and oxygen atoms in total. The highest BCUT2D eigenvalue weighted by molar-refractivity contribution is 5.93. The number of nitro benzene ring substituents is 1. The second-order valence-corrected chi connectivity index (χ2v) is 6.58. The standard InChI is InChI=1S/C18H23N3O7/c22-17(19-11-14-2-1-7-27-14)12-28-18(23)13-3-4-15(16(10-13)21(24)25)20-5-8-26-9-6-20/h3-4,10,14H,1-2,5-9,11-12H2,(H,19,22). The minimum atomic E-state index is -0.788. The fourth-order valence-electron chi connectivity index (χ4n) is 3.17. The van der Waals surface area contributed by atoms with Crippen LogP contribution in [0.15, 0.2) is 18.2 Å². The Labute approximate surface area is 161 Å². The van der Waals surface area contributed by atoms with E-state index in [4.69, 9.17) is 14.2 Å². The summed E-state index contributed by atoms with van der Waals surface area (Å²) in [6.45, 7) is 2.66.